The summed E-state index contributed by atoms with van der Waals surface area (Å²) in [4.78, 5) is 36.1. The fraction of sp³-hybridized carbons (Fsp3) is 0.263. The highest BCUT2D eigenvalue weighted by molar-refractivity contribution is 5.96. The summed E-state index contributed by atoms with van der Waals surface area (Å²) in [6.07, 6.45) is 0. The number of amides is 2. The quantitative estimate of drug-likeness (QED) is 0.552. The number of hydrogen-bond acceptors (Lipinski definition) is 5. The van der Waals surface area contributed by atoms with Gasteiger partial charge in [-0.2, -0.15) is 0 Å². The van der Waals surface area contributed by atoms with E-state index in [0.29, 0.717) is 24.3 Å². The number of anilines is 1. The first-order chi connectivity index (χ1) is 13.3. The van der Waals surface area contributed by atoms with Crippen LogP contribution in [0.3, 0.4) is 0 Å². The molecule has 0 heterocycles. The van der Waals surface area contributed by atoms with E-state index in [9.17, 15) is 24.1 Å². The lowest BCUT2D eigenvalue weighted by atomic mass is 10.2. The summed E-state index contributed by atoms with van der Waals surface area (Å²) in [6.45, 7) is 4.43. The third-order valence-corrected chi connectivity index (χ3v) is 3.94. The standard InChI is InChI=1S/C19H20FN3O5/c1-3-22(4-2)19(25)13-5-8-15(9-6-13)21-18(24)12-28-17-11-14(20)7-10-16(17)23(26)27/h5-11H,3-4,12H2,1-2H3,(H,21,24). The van der Waals surface area contributed by atoms with E-state index in [1.54, 1.807) is 29.2 Å². The second kappa shape index (κ2) is 9.45. The molecule has 0 aliphatic heterocycles. The summed E-state index contributed by atoms with van der Waals surface area (Å²) in [5.74, 6) is -1.74. The molecule has 2 aromatic carbocycles. The molecule has 0 atom stereocenters. The van der Waals surface area contributed by atoms with Crippen LogP contribution in [0.5, 0.6) is 5.75 Å². The number of halogens is 1. The molecule has 9 heteroatoms. The van der Waals surface area contributed by atoms with Gasteiger partial charge in [0.1, 0.15) is 5.82 Å². The van der Waals surface area contributed by atoms with Crippen molar-refractivity contribution in [3.05, 3.63) is 64.0 Å². The number of rotatable bonds is 8. The maximum atomic E-state index is 13.3. The SMILES string of the molecule is CCN(CC)C(=O)c1ccc(NC(=O)COc2cc(F)ccc2[N+](=O)[O-])cc1. The molecule has 0 bridgehead atoms. The maximum Gasteiger partial charge on any atom is 0.311 e. The van der Waals surface area contributed by atoms with Crippen molar-refractivity contribution in [1.82, 2.24) is 4.90 Å². The Bertz CT molecular complexity index is 866. The molecular weight excluding hydrogens is 369 g/mol. The lowest BCUT2D eigenvalue weighted by Crippen LogP contribution is -2.30. The number of carbonyl (C=O) groups is 2. The van der Waals surface area contributed by atoms with Gasteiger partial charge in [0.2, 0.25) is 5.75 Å². The zero-order valence-corrected chi connectivity index (χ0v) is 15.5. The van der Waals surface area contributed by atoms with Crippen LogP contribution in [0.2, 0.25) is 0 Å². The Hall–Kier alpha value is -3.49. The first-order valence-corrected chi connectivity index (χ1v) is 8.61. The number of nitro benzene ring substituents is 1. The van der Waals surface area contributed by atoms with Crippen LogP contribution in [0.4, 0.5) is 15.8 Å². The van der Waals surface area contributed by atoms with E-state index in [1.165, 1.54) is 0 Å². The smallest absolute Gasteiger partial charge is 0.311 e. The number of benzene rings is 2. The number of nitro groups is 1. The van der Waals surface area contributed by atoms with Crippen LogP contribution < -0.4 is 10.1 Å². The Balaban J connectivity index is 1.98. The van der Waals surface area contributed by atoms with Crippen LogP contribution in [0.15, 0.2) is 42.5 Å². The molecule has 2 rings (SSSR count). The molecule has 0 fully saturated rings. The van der Waals surface area contributed by atoms with Crippen molar-refractivity contribution < 1.29 is 23.6 Å². The summed E-state index contributed by atoms with van der Waals surface area (Å²) in [6, 6.07) is 9.07. The molecule has 0 saturated heterocycles. The molecule has 0 aliphatic carbocycles. The Morgan fingerprint density at radius 2 is 1.79 bits per heavy atom. The third-order valence-electron chi connectivity index (χ3n) is 3.94. The molecule has 1 N–H and O–H groups in total. The van der Waals surface area contributed by atoms with Crippen molar-refractivity contribution in [2.24, 2.45) is 0 Å². The van der Waals surface area contributed by atoms with E-state index in [-0.39, 0.29) is 11.7 Å². The molecule has 28 heavy (non-hydrogen) atoms. The summed E-state index contributed by atoms with van der Waals surface area (Å²) in [5, 5.41) is 13.5. The molecular formula is C19H20FN3O5. The zero-order valence-electron chi connectivity index (χ0n) is 15.5. The fourth-order valence-corrected chi connectivity index (χ4v) is 2.48. The van der Waals surface area contributed by atoms with Crippen molar-refractivity contribution >= 4 is 23.2 Å². The van der Waals surface area contributed by atoms with Crippen molar-refractivity contribution in [3.63, 3.8) is 0 Å². The lowest BCUT2D eigenvalue weighted by Gasteiger charge is -2.18. The number of carbonyl (C=O) groups excluding carboxylic acids is 2. The van der Waals surface area contributed by atoms with Crippen LogP contribution in [-0.2, 0) is 4.79 Å². The normalized spacial score (nSPS) is 10.2. The van der Waals surface area contributed by atoms with Gasteiger partial charge in [-0.1, -0.05) is 0 Å². The van der Waals surface area contributed by atoms with Crippen LogP contribution in [0, 0.1) is 15.9 Å². The van der Waals surface area contributed by atoms with Gasteiger partial charge in [-0.25, -0.2) is 4.39 Å². The minimum absolute atomic E-state index is 0.107. The van der Waals surface area contributed by atoms with Crippen molar-refractivity contribution in [1.29, 1.82) is 0 Å². The number of nitrogens with zero attached hydrogens (tertiary/aromatic N) is 2. The highest BCUT2D eigenvalue weighted by atomic mass is 19.1. The highest BCUT2D eigenvalue weighted by Crippen LogP contribution is 2.27. The number of hydrogen-bond donors (Lipinski definition) is 1. The Morgan fingerprint density at radius 3 is 2.36 bits per heavy atom. The number of ether oxygens (including phenoxy) is 1. The lowest BCUT2D eigenvalue weighted by molar-refractivity contribution is -0.385. The third kappa shape index (κ3) is 5.26. The van der Waals surface area contributed by atoms with Crippen LogP contribution >= 0.6 is 0 Å². The fourth-order valence-electron chi connectivity index (χ4n) is 2.48. The summed E-state index contributed by atoms with van der Waals surface area (Å²) < 4.78 is 18.3. The topological polar surface area (TPSA) is 102 Å². The number of nitrogens with one attached hydrogen (secondary N) is 1. The molecule has 0 aliphatic rings. The van der Waals surface area contributed by atoms with E-state index < -0.39 is 28.9 Å². The van der Waals surface area contributed by atoms with E-state index in [1.807, 2.05) is 13.8 Å². The van der Waals surface area contributed by atoms with Gasteiger partial charge in [-0.3, -0.25) is 19.7 Å². The van der Waals surface area contributed by atoms with E-state index in [4.69, 9.17) is 4.74 Å². The van der Waals surface area contributed by atoms with Gasteiger partial charge in [0.25, 0.3) is 11.8 Å². The monoisotopic (exact) mass is 389 g/mol. The van der Waals surface area contributed by atoms with Crippen LogP contribution in [0.25, 0.3) is 0 Å². The zero-order chi connectivity index (χ0) is 20.7. The van der Waals surface area contributed by atoms with E-state index in [0.717, 1.165) is 18.2 Å². The average molecular weight is 389 g/mol. The highest BCUT2D eigenvalue weighted by Gasteiger charge is 2.17. The van der Waals surface area contributed by atoms with Gasteiger partial charge in [0.15, 0.2) is 6.61 Å². The molecule has 0 unspecified atom stereocenters. The van der Waals surface area contributed by atoms with Gasteiger partial charge >= 0.3 is 5.69 Å². The molecule has 0 saturated carbocycles. The van der Waals surface area contributed by atoms with Crippen molar-refractivity contribution in [2.45, 2.75) is 13.8 Å². The van der Waals surface area contributed by atoms with Gasteiger partial charge in [0, 0.05) is 36.5 Å². The molecule has 0 spiro atoms. The van der Waals surface area contributed by atoms with E-state index >= 15 is 0 Å². The molecule has 2 aromatic rings. The minimum Gasteiger partial charge on any atom is -0.477 e. The summed E-state index contributed by atoms with van der Waals surface area (Å²) >= 11 is 0. The molecule has 148 valence electrons. The Morgan fingerprint density at radius 1 is 1.14 bits per heavy atom. The largest absolute Gasteiger partial charge is 0.477 e. The summed E-state index contributed by atoms with van der Waals surface area (Å²) in [7, 11) is 0. The molecule has 0 radical (unpaired) electrons. The van der Waals surface area contributed by atoms with Crippen LogP contribution in [0.1, 0.15) is 24.2 Å². The van der Waals surface area contributed by atoms with Gasteiger partial charge < -0.3 is 15.0 Å². The predicted octanol–water partition coefficient (Wildman–Crippen LogP) is 3.23. The first-order valence-electron chi connectivity index (χ1n) is 8.61. The van der Waals surface area contributed by atoms with Gasteiger partial charge in [-0.05, 0) is 44.2 Å². The molecule has 2 amide bonds. The van der Waals surface area contributed by atoms with Crippen molar-refractivity contribution in [2.75, 3.05) is 25.0 Å². The van der Waals surface area contributed by atoms with Crippen molar-refractivity contribution in [3.8, 4) is 5.75 Å². The average Bonchev–Trinajstić information content (AvgIpc) is 2.67. The predicted molar refractivity (Wildman–Crippen MR) is 101 cm³/mol. The molecule has 0 aromatic heterocycles. The summed E-state index contributed by atoms with van der Waals surface area (Å²) in [5.41, 5.74) is 0.486. The second-order valence-corrected chi connectivity index (χ2v) is 5.76. The Kier molecular flexibility index (Phi) is 7.02. The maximum absolute atomic E-state index is 13.3. The minimum atomic E-state index is -0.724. The van der Waals surface area contributed by atoms with Gasteiger partial charge in [-0.15, -0.1) is 0 Å². The second-order valence-electron chi connectivity index (χ2n) is 5.76. The van der Waals surface area contributed by atoms with Crippen LogP contribution in [-0.4, -0.2) is 41.3 Å². The van der Waals surface area contributed by atoms with E-state index in [2.05, 4.69) is 5.32 Å². The van der Waals surface area contributed by atoms with Gasteiger partial charge in [0.05, 0.1) is 4.92 Å². The molecule has 8 nitrogen and oxygen atoms in total. The first kappa shape index (κ1) is 20.8. The Labute approximate surface area is 161 Å².